The second-order valence-corrected chi connectivity index (χ2v) is 6.32. The van der Waals surface area contributed by atoms with Crippen molar-refractivity contribution in [3.8, 4) is 0 Å². The van der Waals surface area contributed by atoms with Gasteiger partial charge in [-0.2, -0.15) is 0 Å². The molecule has 1 aromatic rings. The average molecular weight is 341 g/mol. The minimum absolute atomic E-state index is 0.0146. The highest BCUT2D eigenvalue weighted by Gasteiger charge is 2.34. The van der Waals surface area contributed by atoms with E-state index >= 15 is 0 Å². The van der Waals surface area contributed by atoms with Gasteiger partial charge < -0.3 is 15.2 Å². The summed E-state index contributed by atoms with van der Waals surface area (Å²) in [5.41, 5.74) is 6.92. The number of alkyl halides is 2. The maximum absolute atomic E-state index is 12.6. The van der Waals surface area contributed by atoms with Gasteiger partial charge in [0.2, 0.25) is 0 Å². The molecule has 4 atom stereocenters. The van der Waals surface area contributed by atoms with Gasteiger partial charge in [0.15, 0.2) is 0 Å². The van der Waals surface area contributed by atoms with Crippen LogP contribution in [0.15, 0.2) is 30.3 Å². The molecule has 0 amide bonds. The predicted molar refractivity (Wildman–Crippen MR) is 86.8 cm³/mol. The third-order valence-electron chi connectivity index (χ3n) is 4.38. The van der Waals surface area contributed by atoms with Crippen molar-refractivity contribution < 1.29 is 23.0 Å². The number of hydrogen-bond donors (Lipinski definition) is 1. The molecule has 1 saturated heterocycles. The lowest BCUT2D eigenvalue weighted by Crippen LogP contribution is -2.41. The molecule has 134 valence electrons. The Morgan fingerprint density at radius 2 is 2.00 bits per heavy atom. The first kappa shape index (κ1) is 18.8. The zero-order chi connectivity index (χ0) is 17.5. The van der Waals surface area contributed by atoms with Crippen LogP contribution in [0.3, 0.4) is 0 Å². The molecule has 2 N–H and O–H groups in total. The number of halogens is 2. The number of ether oxygens (including phenoxy) is 2. The van der Waals surface area contributed by atoms with Gasteiger partial charge >= 0.3 is 5.97 Å². The molecule has 1 aromatic carbocycles. The van der Waals surface area contributed by atoms with Crippen molar-refractivity contribution in [2.24, 2.45) is 11.7 Å². The van der Waals surface area contributed by atoms with Gasteiger partial charge in [-0.15, -0.1) is 0 Å². The Bertz CT molecular complexity index is 512. The maximum Gasteiger partial charge on any atom is 0.323 e. The van der Waals surface area contributed by atoms with Gasteiger partial charge in [-0.05, 0) is 37.7 Å². The van der Waals surface area contributed by atoms with Gasteiger partial charge in [0.05, 0.1) is 6.10 Å². The van der Waals surface area contributed by atoms with E-state index in [1.165, 1.54) is 0 Å². The van der Waals surface area contributed by atoms with E-state index < -0.39 is 37.3 Å². The summed E-state index contributed by atoms with van der Waals surface area (Å²) < 4.78 is 36.0. The second-order valence-electron chi connectivity index (χ2n) is 6.32. The first-order valence-electron chi connectivity index (χ1n) is 8.37. The fourth-order valence-electron chi connectivity index (χ4n) is 3.19. The molecule has 1 fully saturated rings. The van der Waals surface area contributed by atoms with Crippen molar-refractivity contribution in [2.45, 2.75) is 57.3 Å². The quantitative estimate of drug-likeness (QED) is 0.837. The number of carbonyl (C=O) groups is 1. The van der Waals surface area contributed by atoms with Gasteiger partial charge in [-0.25, -0.2) is 8.78 Å². The number of rotatable bonds is 5. The Kier molecular flexibility index (Phi) is 7.12. The predicted octanol–water partition coefficient (Wildman–Crippen LogP) is 2.94. The van der Waals surface area contributed by atoms with E-state index in [4.69, 9.17) is 15.2 Å². The topological polar surface area (TPSA) is 61.5 Å². The highest BCUT2D eigenvalue weighted by atomic mass is 19.3. The molecule has 2 rings (SSSR count). The number of cyclic esters (lactones) is 1. The number of esters is 1. The molecular weight excluding hydrogens is 316 g/mol. The van der Waals surface area contributed by atoms with E-state index in [9.17, 15) is 13.6 Å². The number of nitrogens with two attached hydrogens (primary N) is 1. The summed E-state index contributed by atoms with van der Waals surface area (Å²) in [5.74, 6) is -0.507. The third kappa shape index (κ3) is 5.53. The molecule has 1 aliphatic heterocycles. The van der Waals surface area contributed by atoms with Crippen LogP contribution in [0.2, 0.25) is 0 Å². The standard InChI is InChI=1S/C18H25F2NO3/c1-12-17(23-11-16(19)20)14(10-13-6-3-2-4-7-13)8-5-9-15(21)18(22)24-12/h2-4,6-7,12,14-17H,5,8-11,21H2,1H3. The summed E-state index contributed by atoms with van der Waals surface area (Å²) in [7, 11) is 0. The van der Waals surface area contributed by atoms with Crippen molar-refractivity contribution in [2.75, 3.05) is 6.61 Å². The van der Waals surface area contributed by atoms with E-state index in [1.54, 1.807) is 6.92 Å². The van der Waals surface area contributed by atoms with Crippen molar-refractivity contribution >= 4 is 5.97 Å². The molecule has 4 unspecified atom stereocenters. The van der Waals surface area contributed by atoms with Crippen LogP contribution >= 0.6 is 0 Å². The van der Waals surface area contributed by atoms with Crippen molar-refractivity contribution in [3.63, 3.8) is 0 Å². The van der Waals surface area contributed by atoms with Gasteiger partial charge in [0, 0.05) is 0 Å². The van der Waals surface area contributed by atoms with Crippen molar-refractivity contribution in [3.05, 3.63) is 35.9 Å². The van der Waals surface area contributed by atoms with Gasteiger partial charge in [0.25, 0.3) is 6.43 Å². The molecule has 0 bridgehead atoms. The molecule has 6 heteroatoms. The van der Waals surface area contributed by atoms with E-state index in [2.05, 4.69) is 0 Å². The van der Waals surface area contributed by atoms with Gasteiger partial charge in [-0.1, -0.05) is 36.8 Å². The molecule has 0 spiro atoms. The Morgan fingerprint density at radius 3 is 2.67 bits per heavy atom. The van der Waals surface area contributed by atoms with E-state index in [0.29, 0.717) is 12.8 Å². The summed E-state index contributed by atoms with van der Waals surface area (Å²) >= 11 is 0. The van der Waals surface area contributed by atoms with Crippen LogP contribution in [-0.4, -0.2) is 37.3 Å². The summed E-state index contributed by atoms with van der Waals surface area (Å²) in [6, 6.07) is 9.15. The lowest BCUT2D eigenvalue weighted by atomic mass is 9.87. The second kappa shape index (κ2) is 9.08. The van der Waals surface area contributed by atoms with E-state index in [1.807, 2.05) is 30.3 Å². The molecular formula is C18H25F2NO3. The lowest BCUT2D eigenvalue weighted by Gasteiger charge is -2.31. The Morgan fingerprint density at radius 1 is 1.29 bits per heavy atom. The summed E-state index contributed by atoms with van der Waals surface area (Å²) in [6.07, 6.45) is -1.06. The highest BCUT2D eigenvalue weighted by Crippen LogP contribution is 2.27. The SMILES string of the molecule is CC1OC(=O)C(N)CCCC(Cc2ccccc2)C1OCC(F)F. The normalized spacial score (nSPS) is 28.8. The Labute approximate surface area is 141 Å². The molecule has 1 heterocycles. The average Bonchev–Trinajstić information content (AvgIpc) is 2.58. The fraction of sp³-hybridized carbons (Fsp3) is 0.611. The van der Waals surface area contributed by atoms with Crippen molar-refractivity contribution in [1.29, 1.82) is 0 Å². The monoisotopic (exact) mass is 341 g/mol. The Balaban J connectivity index is 2.17. The van der Waals surface area contributed by atoms with Crippen LogP contribution in [0, 0.1) is 5.92 Å². The van der Waals surface area contributed by atoms with Crippen molar-refractivity contribution in [1.82, 2.24) is 0 Å². The molecule has 24 heavy (non-hydrogen) atoms. The zero-order valence-corrected chi connectivity index (χ0v) is 13.9. The zero-order valence-electron chi connectivity index (χ0n) is 13.9. The van der Waals surface area contributed by atoms with Crippen LogP contribution in [0.5, 0.6) is 0 Å². The molecule has 0 aliphatic carbocycles. The van der Waals surface area contributed by atoms with Crippen LogP contribution in [0.25, 0.3) is 0 Å². The molecule has 4 nitrogen and oxygen atoms in total. The molecule has 0 saturated carbocycles. The van der Waals surface area contributed by atoms with Gasteiger partial charge in [0.1, 0.15) is 18.8 Å². The summed E-state index contributed by atoms with van der Waals surface area (Å²) in [6.45, 7) is 1.02. The fourth-order valence-corrected chi connectivity index (χ4v) is 3.19. The highest BCUT2D eigenvalue weighted by molar-refractivity contribution is 5.75. The van der Waals surface area contributed by atoms with Crippen LogP contribution in [0.4, 0.5) is 8.78 Å². The van der Waals surface area contributed by atoms with Crippen LogP contribution in [-0.2, 0) is 20.7 Å². The summed E-state index contributed by atoms with van der Waals surface area (Å²) in [4.78, 5) is 11.9. The van der Waals surface area contributed by atoms with E-state index in [-0.39, 0.29) is 5.92 Å². The smallest absolute Gasteiger partial charge is 0.323 e. The largest absolute Gasteiger partial charge is 0.459 e. The minimum Gasteiger partial charge on any atom is -0.459 e. The summed E-state index contributed by atoms with van der Waals surface area (Å²) in [5, 5.41) is 0. The number of hydrogen-bond acceptors (Lipinski definition) is 4. The Hall–Kier alpha value is -1.53. The number of benzene rings is 1. The maximum atomic E-state index is 12.6. The van der Waals surface area contributed by atoms with Crippen LogP contribution < -0.4 is 5.73 Å². The minimum atomic E-state index is -2.56. The van der Waals surface area contributed by atoms with Gasteiger partial charge in [-0.3, -0.25) is 4.79 Å². The first-order valence-corrected chi connectivity index (χ1v) is 8.37. The molecule has 1 aliphatic rings. The first-order chi connectivity index (χ1) is 11.5. The molecule has 0 aromatic heterocycles. The number of carbonyl (C=O) groups excluding carboxylic acids is 1. The van der Waals surface area contributed by atoms with Crippen LogP contribution in [0.1, 0.15) is 31.7 Å². The third-order valence-corrected chi connectivity index (χ3v) is 4.38. The van der Waals surface area contributed by atoms with E-state index in [0.717, 1.165) is 18.4 Å². The molecule has 0 radical (unpaired) electrons. The lowest BCUT2D eigenvalue weighted by molar-refractivity contribution is -0.162.